The van der Waals surface area contributed by atoms with Crippen molar-refractivity contribution in [2.75, 3.05) is 12.4 Å². The van der Waals surface area contributed by atoms with Gasteiger partial charge in [-0.05, 0) is 30.5 Å². The zero-order valence-electron chi connectivity index (χ0n) is 16.1. The molecule has 0 aliphatic carbocycles. The van der Waals surface area contributed by atoms with E-state index >= 15 is 0 Å². The number of aromatic nitrogens is 3. The summed E-state index contributed by atoms with van der Waals surface area (Å²) in [7, 11) is 1.62. The van der Waals surface area contributed by atoms with Gasteiger partial charge in [0.2, 0.25) is 5.91 Å². The number of rotatable bonds is 6. The van der Waals surface area contributed by atoms with Crippen LogP contribution in [0.5, 0.6) is 5.75 Å². The summed E-state index contributed by atoms with van der Waals surface area (Å²) in [5.41, 5.74) is 1.62. The fourth-order valence-electron chi connectivity index (χ4n) is 3.08. The molecule has 146 valence electrons. The van der Waals surface area contributed by atoms with E-state index in [0.29, 0.717) is 10.9 Å². The Hall–Kier alpha value is -3.32. The molecule has 0 aliphatic rings. The van der Waals surface area contributed by atoms with Crippen LogP contribution in [-0.2, 0) is 4.79 Å². The molecule has 0 radical (unpaired) electrons. The second-order valence-corrected chi connectivity index (χ2v) is 7.74. The number of hydrogen-bond acceptors (Lipinski definition) is 5. The van der Waals surface area contributed by atoms with Gasteiger partial charge < -0.3 is 10.1 Å². The van der Waals surface area contributed by atoms with Crippen LogP contribution in [0.2, 0.25) is 0 Å². The molecule has 7 heteroatoms. The van der Waals surface area contributed by atoms with Gasteiger partial charge >= 0.3 is 0 Å². The number of methoxy groups -OCH3 is 1. The molecule has 0 spiro atoms. The van der Waals surface area contributed by atoms with E-state index in [4.69, 9.17) is 4.74 Å². The van der Waals surface area contributed by atoms with Gasteiger partial charge in [0.1, 0.15) is 12.1 Å². The summed E-state index contributed by atoms with van der Waals surface area (Å²) in [4.78, 5) is 12.8. The SMILES string of the molecule is COc1ccccc1-n1cnnc1SC(C)C(=O)Nc1cccc2ccccc12. The Bertz CT molecular complexity index is 1150. The number of fused-ring (bicyclic) bond motifs is 1. The molecular weight excluding hydrogens is 384 g/mol. The smallest absolute Gasteiger partial charge is 0.237 e. The molecule has 1 aromatic heterocycles. The minimum Gasteiger partial charge on any atom is -0.495 e. The van der Waals surface area contributed by atoms with E-state index in [2.05, 4.69) is 15.5 Å². The summed E-state index contributed by atoms with van der Waals surface area (Å²) in [5, 5.41) is 13.6. The minimum absolute atomic E-state index is 0.0964. The summed E-state index contributed by atoms with van der Waals surface area (Å²) in [6.45, 7) is 1.85. The lowest BCUT2D eigenvalue weighted by Crippen LogP contribution is -2.23. The zero-order valence-corrected chi connectivity index (χ0v) is 16.9. The number of nitrogens with one attached hydrogen (secondary N) is 1. The molecule has 1 heterocycles. The highest BCUT2D eigenvalue weighted by molar-refractivity contribution is 8.00. The fraction of sp³-hybridized carbons (Fsp3) is 0.136. The van der Waals surface area contributed by atoms with Crippen LogP contribution < -0.4 is 10.1 Å². The maximum Gasteiger partial charge on any atom is 0.237 e. The Balaban J connectivity index is 1.54. The summed E-state index contributed by atoms with van der Waals surface area (Å²) in [6.07, 6.45) is 1.62. The van der Waals surface area contributed by atoms with Gasteiger partial charge in [0.05, 0.1) is 18.0 Å². The van der Waals surface area contributed by atoms with E-state index in [1.165, 1.54) is 11.8 Å². The van der Waals surface area contributed by atoms with E-state index in [0.717, 1.165) is 22.1 Å². The van der Waals surface area contributed by atoms with Crippen molar-refractivity contribution in [3.63, 3.8) is 0 Å². The van der Waals surface area contributed by atoms with E-state index in [1.54, 1.807) is 13.4 Å². The standard InChI is InChI=1S/C22H20N4O2S/c1-15(21(27)24-18-11-7-9-16-8-3-4-10-17(16)18)29-22-25-23-14-26(22)19-12-5-6-13-20(19)28-2/h3-15H,1-2H3,(H,24,27). The molecule has 6 nitrogen and oxygen atoms in total. The molecule has 0 aliphatic heterocycles. The molecule has 1 N–H and O–H groups in total. The highest BCUT2D eigenvalue weighted by Gasteiger charge is 2.20. The maximum atomic E-state index is 12.8. The molecule has 29 heavy (non-hydrogen) atoms. The predicted molar refractivity (Wildman–Crippen MR) is 116 cm³/mol. The van der Waals surface area contributed by atoms with Crippen molar-refractivity contribution >= 4 is 34.1 Å². The van der Waals surface area contributed by atoms with Gasteiger partial charge in [-0.1, -0.05) is 60.3 Å². The molecular formula is C22H20N4O2S. The predicted octanol–water partition coefficient (Wildman–Crippen LogP) is 4.55. The first-order valence-electron chi connectivity index (χ1n) is 9.16. The molecule has 0 bridgehead atoms. The summed E-state index contributed by atoms with van der Waals surface area (Å²) in [5.74, 6) is 0.614. The van der Waals surface area contributed by atoms with Crippen LogP contribution >= 0.6 is 11.8 Å². The van der Waals surface area contributed by atoms with Crippen LogP contribution in [0.15, 0.2) is 78.2 Å². The second-order valence-electron chi connectivity index (χ2n) is 6.43. The first kappa shape index (κ1) is 19.0. The number of para-hydroxylation sites is 2. The lowest BCUT2D eigenvalue weighted by atomic mass is 10.1. The summed E-state index contributed by atoms with van der Waals surface area (Å²) in [6, 6.07) is 21.5. The van der Waals surface area contributed by atoms with E-state index < -0.39 is 0 Å². The van der Waals surface area contributed by atoms with Crippen LogP contribution in [0, 0.1) is 0 Å². The third-order valence-electron chi connectivity index (χ3n) is 4.56. The van der Waals surface area contributed by atoms with Crippen molar-refractivity contribution in [3.8, 4) is 11.4 Å². The van der Waals surface area contributed by atoms with Crippen molar-refractivity contribution in [1.82, 2.24) is 14.8 Å². The zero-order chi connectivity index (χ0) is 20.2. The lowest BCUT2D eigenvalue weighted by Gasteiger charge is -2.15. The monoisotopic (exact) mass is 404 g/mol. The lowest BCUT2D eigenvalue weighted by molar-refractivity contribution is -0.115. The molecule has 0 saturated carbocycles. The van der Waals surface area contributed by atoms with Crippen LogP contribution in [0.3, 0.4) is 0 Å². The number of anilines is 1. The van der Waals surface area contributed by atoms with E-state index in [1.807, 2.05) is 78.2 Å². The van der Waals surface area contributed by atoms with Crippen LogP contribution in [0.4, 0.5) is 5.69 Å². The first-order chi connectivity index (χ1) is 14.2. The van der Waals surface area contributed by atoms with Crippen molar-refractivity contribution in [3.05, 3.63) is 73.1 Å². The highest BCUT2D eigenvalue weighted by Crippen LogP contribution is 2.30. The minimum atomic E-state index is -0.369. The quantitative estimate of drug-likeness (QED) is 0.478. The van der Waals surface area contributed by atoms with Gasteiger partial charge in [0, 0.05) is 11.1 Å². The fourth-order valence-corrected chi connectivity index (χ4v) is 3.91. The number of carbonyl (C=O) groups excluding carboxylic acids is 1. The number of nitrogens with zero attached hydrogens (tertiary/aromatic N) is 3. The number of carbonyl (C=O) groups is 1. The Labute approximate surface area is 172 Å². The molecule has 1 unspecified atom stereocenters. The van der Waals surface area contributed by atoms with E-state index in [-0.39, 0.29) is 11.2 Å². The molecule has 1 amide bonds. The van der Waals surface area contributed by atoms with Crippen molar-refractivity contribution in [2.24, 2.45) is 0 Å². The normalized spacial score (nSPS) is 11.9. The average molecular weight is 404 g/mol. The Morgan fingerprint density at radius 1 is 1.07 bits per heavy atom. The highest BCUT2D eigenvalue weighted by atomic mass is 32.2. The summed E-state index contributed by atoms with van der Waals surface area (Å²) >= 11 is 1.35. The van der Waals surface area contributed by atoms with Gasteiger partial charge in [-0.3, -0.25) is 9.36 Å². The van der Waals surface area contributed by atoms with Crippen molar-refractivity contribution in [2.45, 2.75) is 17.3 Å². The third-order valence-corrected chi connectivity index (χ3v) is 5.62. The van der Waals surface area contributed by atoms with Gasteiger partial charge in [-0.15, -0.1) is 10.2 Å². The molecule has 1 atom stereocenters. The number of amides is 1. The molecule has 0 fully saturated rings. The largest absolute Gasteiger partial charge is 0.495 e. The van der Waals surface area contributed by atoms with Crippen molar-refractivity contribution in [1.29, 1.82) is 0 Å². The number of benzene rings is 3. The van der Waals surface area contributed by atoms with Crippen LogP contribution in [0.1, 0.15) is 6.92 Å². The van der Waals surface area contributed by atoms with Gasteiger partial charge in [-0.2, -0.15) is 0 Å². The topological polar surface area (TPSA) is 69.0 Å². The van der Waals surface area contributed by atoms with Crippen LogP contribution in [0.25, 0.3) is 16.5 Å². The maximum absolute atomic E-state index is 12.8. The van der Waals surface area contributed by atoms with Gasteiger partial charge in [0.25, 0.3) is 0 Å². The Morgan fingerprint density at radius 2 is 1.83 bits per heavy atom. The Morgan fingerprint density at radius 3 is 2.69 bits per heavy atom. The van der Waals surface area contributed by atoms with Gasteiger partial charge in [0.15, 0.2) is 5.16 Å². The van der Waals surface area contributed by atoms with Gasteiger partial charge in [-0.25, -0.2) is 0 Å². The summed E-state index contributed by atoms with van der Waals surface area (Å²) < 4.78 is 7.26. The Kier molecular flexibility index (Phi) is 5.48. The van der Waals surface area contributed by atoms with Crippen LogP contribution in [-0.4, -0.2) is 33.0 Å². The average Bonchev–Trinajstić information content (AvgIpc) is 3.21. The molecule has 0 saturated heterocycles. The second kappa shape index (κ2) is 8.36. The molecule has 4 aromatic rings. The van der Waals surface area contributed by atoms with E-state index in [9.17, 15) is 4.79 Å². The molecule has 3 aromatic carbocycles. The molecule has 4 rings (SSSR count). The van der Waals surface area contributed by atoms with Crippen molar-refractivity contribution < 1.29 is 9.53 Å². The number of hydrogen-bond donors (Lipinski definition) is 1. The number of thioether (sulfide) groups is 1. The third kappa shape index (κ3) is 3.95. The first-order valence-corrected chi connectivity index (χ1v) is 10.0. The number of ether oxygens (including phenoxy) is 1.